The fraction of sp³-hybridized carbons (Fsp3) is 0.917. The van der Waals surface area contributed by atoms with Crippen molar-refractivity contribution >= 4 is 6.09 Å². The second kappa shape index (κ2) is 5.98. The van der Waals surface area contributed by atoms with E-state index in [2.05, 4.69) is 10.6 Å². The van der Waals surface area contributed by atoms with Gasteiger partial charge >= 0.3 is 12.3 Å². The Morgan fingerprint density at radius 1 is 1.37 bits per heavy atom. The van der Waals surface area contributed by atoms with Gasteiger partial charge in [0.15, 0.2) is 0 Å². The maximum atomic E-state index is 12.8. The molecular weight excluding hydrogens is 261 g/mol. The third kappa shape index (κ3) is 5.67. The zero-order valence-corrected chi connectivity index (χ0v) is 11.4. The first-order valence-electron chi connectivity index (χ1n) is 6.36. The van der Waals surface area contributed by atoms with Gasteiger partial charge in [-0.1, -0.05) is 0 Å². The number of nitrogens with one attached hydrogen (secondary N) is 2. The lowest BCUT2D eigenvalue weighted by atomic mass is 9.90. The van der Waals surface area contributed by atoms with Crippen LogP contribution < -0.4 is 10.6 Å². The number of hydrogen-bond acceptors (Lipinski definition) is 3. The van der Waals surface area contributed by atoms with Crippen molar-refractivity contribution in [3.63, 3.8) is 0 Å². The summed E-state index contributed by atoms with van der Waals surface area (Å²) in [6.07, 6.45) is -3.86. The predicted molar refractivity (Wildman–Crippen MR) is 64.8 cm³/mol. The maximum absolute atomic E-state index is 12.8. The molecule has 4 nitrogen and oxygen atoms in total. The van der Waals surface area contributed by atoms with Crippen LogP contribution in [-0.2, 0) is 4.74 Å². The molecule has 1 aliphatic heterocycles. The molecule has 0 spiro atoms. The minimum atomic E-state index is -4.29. The van der Waals surface area contributed by atoms with Gasteiger partial charge in [-0.3, -0.25) is 0 Å². The van der Waals surface area contributed by atoms with Crippen molar-refractivity contribution in [2.45, 2.75) is 51.4 Å². The zero-order valence-electron chi connectivity index (χ0n) is 11.4. The van der Waals surface area contributed by atoms with Crippen LogP contribution >= 0.6 is 0 Å². The molecule has 0 aromatic heterocycles. The van der Waals surface area contributed by atoms with Crippen molar-refractivity contribution in [3.05, 3.63) is 0 Å². The van der Waals surface area contributed by atoms with Crippen LogP contribution in [0.1, 0.15) is 33.6 Å². The van der Waals surface area contributed by atoms with E-state index < -0.39 is 29.8 Å². The summed E-state index contributed by atoms with van der Waals surface area (Å²) in [6, 6.07) is -1.56. The molecule has 1 heterocycles. The molecule has 1 fully saturated rings. The van der Waals surface area contributed by atoms with E-state index >= 15 is 0 Å². The van der Waals surface area contributed by atoms with Gasteiger partial charge in [0, 0.05) is 12.5 Å². The largest absolute Gasteiger partial charge is 0.444 e. The zero-order chi connectivity index (χ0) is 14.7. The summed E-state index contributed by atoms with van der Waals surface area (Å²) in [5.74, 6) is -0.652. The van der Waals surface area contributed by atoms with E-state index in [9.17, 15) is 18.0 Å². The number of rotatable bonds is 2. The molecule has 7 heteroatoms. The highest BCUT2D eigenvalue weighted by atomic mass is 19.4. The normalized spacial score (nSPS) is 24.9. The van der Waals surface area contributed by atoms with E-state index in [1.165, 1.54) is 0 Å². The molecule has 2 atom stereocenters. The van der Waals surface area contributed by atoms with Gasteiger partial charge in [0.05, 0.1) is 0 Å². The number of alkyl carbamates (subject to hydrolysis) is 1. The van der Waals surface area contributed by atoms with Gasteiger partial charge in [0.2, 0.25) is 0 Å². The fourth-order valence-corrected chi connectivity index (χ4v) is 2.09. The summed E-state index contributed by atoms with van der Waals surface area (Å²) in [7, 11) is 0. The van der Waals surface area contributed by atoms with Gasteiger partial charge < -0.3 is 15.4 Å². The number of carbonyl (C=O) groups is 1. The van der Waals surface area contributed by atoms with Crippen LogP contribution in [-0.4, -0.2) is 37.0 Å². The Morgan fingerprint density at radius 3 is 2.53 bits per heavy atom. The summed E-state index contributed by atoms with van der Waals surface area (Å²) >= 11 is 0. The number of piperidine rings is 1. The van der Waals surface area contributed by atoms with Gasteiger partial charge in [0.1, 0.15) is 11.6 Å². The number of hydrogen-bond donors (Lipinski definition) is 2. The van der Waals surface area contributed by atoms with Gasteiger partial charge in [-0.15, -0.1) is 0 Å². The van der Waals surface area contributed by atoms with Crippen molar-refractivity contribution in [1.82, 2.24) is 10.6 Å². The fourth-order valence-electron chi connectivity index (χ4n) is 2.09. The molecule has 2 N–H and O–H groups in total. The topological polar surface area (TPSA) is 50.4 Å². The van der Waals surface area contributed by atoms with Gasteiger partial charge in [-0.05, 0) is 40.2 Å². The summed E-state index contributed by atoms with van der Waals surface area (Å²) in [4.78, 5) is 11.4. The van der Waals surface area contributed by atoms with Crippen molar-refractivity contribution in [2.24, 2.45) is 5.92 Å². The van der Waals surface area contributed by atoms with Gasteiger partial charge in [-0.2, -0.15) is 13.2 Å². The minimum Gasteiger partial charge on any atom is -0.444 e. The lowest BCUT2D eigenvalue weighted by Gasteiger charge is -2.34. The quantitative estimate of drug-likeness (QED) is 0.818. The van der Waals surface area contributed by atoms with E-state index in [4.69, 9.17) is 4.74 Å². The Morgan fingerprint density at radius 2 is 2.00 bits per heavy atom. The van der Waals surface area contributed by atoms with Gasteiger partial charge in [0.25, 0.3) is 0 Å². The smallest absolute Gasteiger partial charge is 0.407 e. The van der Waals surface area contributed by atoms with Crippen molar-refractivity contribution in [2.75, 3.05) is 13.1 Å². The van der Waals surface area contributed by atoms with E-state index in [0.717, 1.165) is 0 Å². The molecule has 19 heavy (non-hydrogen) atoms. The number of ether oxygens (including phenoxy) is 1. The molecular formula is C12H21F3N2O2. The maximum Gasteiger partial charge on any atom is 0.407 e. The lowest BCUT2D eigenvalue weighted by Crippen LogP contribution is -2.54. The van der Waals surface area contributed by atoms with E-state index in [1.54, 1.807) is 20.8 Å². The summed E-state index contributed by atoms with van der Waals surface area (Å²) in [5.41, 5.74) is -0.654. The highest BCUT2D eigenvalue weighted by Crippen LogP contribution is 2.30. The van der Waals surface area contributed by atoms with Gasteiger partial charge in [-0.25, -0.2) is 4.79 Å². The molecule has 0 aromatic rings. The molecule has 1 rings (SSSR count). The monoisotopic (exact) mass is 282 g/mol. The van der Waals surface area contributed by atoms with Crippen LogP contribution in [0.15, 0.2) is 0 Å². The Labute approximate surface area is 111 Å². The van der Waals surface area contributed by atoms with E-state index in [-0.39, 0.29) is 6.54 Å². The standard InChI is InChI=1S/C12H21F3N2O2/c1-11(2,3)19-10(18)17-7-8-5-4-6-16-9(8)12(13,14)15/h8-9,16H,4-7H2,1-3H3,(H,17,18)/t8-,9-/m0/s1. The van der Waals surface area contributed by atoms with Crippen molar-refractivity contribution in [3.8, 4) is 0 Å². The molecule has 0 aromatic carbocycles. The summed E-state index contributed by atoms with van der Waals surface area (Å²) < 4.78 is 43.3. The molecule has 1 aliphatic rings. The van der Waals surface area contributed by atoms with E-state index in [0.29, 0.717) is 19.4 Å². The molecule has 0 radical (unpaired) electrons. The van der Waals surface area contributed by atoms with Crippen LogP contribution in [0, 0.1) is 5.92 Å². The SMILES string of the molecule is CC(C)(C)OC(=O)NC[C@@H]1CCCN[C@@H]1C(F)(F)F. The molecule has 0 saturated carbocycles. The highest BCUT2D eigenvalue weighted by molar-refractivity contribution is 5.67. The Bertz CT molecular complexity index is 313. The molecule has 0 unspecified atom stereocenters. The molecule has 0 bridgehead atoms. The molecule has 0 aliphatic carbocycles. The third-order valence-electron chi connectivity index (χ3n) is 2.85. The van der Waals surface area contributed by atoms with E-state index in [1.807, 2.05) is 0 Å². The number of alkyl halides is 3. The van der Waals surface area contributed by atoms with Crippen LogP contribution in [0.2, 0.25) is 0 Å². The Balaban J connectivity index is 2.48. The summed E-state index contributed by atoms with van der Waals surface area (Å²) in [6.45, 7) is 5.42. The number of amides is 1. The second-order valence-corrected chi connectivity index (χ2v) is 5.76. The van der Waals surface area contributed by atoms with Crippen LogP contribution in [0.5, 0.6) is 0 Å². The highest BCUT2D eigenvalue weighted by Gasteiger charge is 2.45. The van der Waals surface area contributed by atoms with Crippen LogP contribution in [0.3, 0.4) is 0 Å². The van der Waals surface area contributed by atoms with Crippen molar-refractivity contribution < 1.29 is 22.7 Å². The third-order valence-corrected chi connectivity index (χ3v) is 2.85. The first-order chi connectivity index (χ1) is 8.59. The Hall–Kier alpha value is -0.980. The lowest BCUT2D eigenvalue weighted by molar-refractivity contribution is -0.171. The molecule has 1 amide bonds. The van der Waals surface area contributed by atoms with Crippen LogP contribution in [0.25, 0.3) is 0 Å². The second-order valence-electron chi connectivity index (χ2n) is 5.76. The first kappa shape index (κ1) is 16.1. The average molecular weight is 282 g/mol. The summed E-state index contributed by atoms with van der Waals surface area (Å²) in [5, 5.41) is 4.87. The Kier molecular flexibility index (Phi) is 5.06. The van der Waals surface area contributed by atoms with Crippen molar-refractivity contribution in [1.29, 1.82) is 0 Å². The first-order valence-corrected chi connectivity index (χ1v) is 6.36. The molecule has 1 saturated heterocycles. The van der Waals surface area contributed by atoms with Crippen LogP contribution in [0.4, 0.5) is 18.0 Å². The average Bonchev–Trinajstić information content (AvgIpc) is 2.23. The molecule has 112 valence electrons. The number of halogens is 3. The number of carbonyl (C=O) groups excluding carboxylic acids is 1. The predicted octanol–water partition coefficient (Wildman–Crippen LogP) is 2.44. The minimum absolute atomic E-state index is 0.0356.